The van der Waals surface area contributed by atoms with Crippen LogP contribution in [-0.2, 0) is 44.3 Å². The predicted octanol–water partition coefficient (Wildman–Crippen LogP) is 18.1. The van der Waals surface area contributed by atoms with E-state index in [1.807, 2.05) is 0 Å². The minimum atomic E-state index is -0.0800. The quantitative estimate of drug-likeness (QED) is 0.153. The lowest BCUT2D eigenvalue weighted by atomic mass is 9.34. The number of aromatic nitrogens is 4. The molecule has 10 aromatic rings. The molecule has 0 atom stereocenters. The van der Waals surface area contributed by atoms with Crippen molar-refractivity contribution in [2.45, 2.75) is 215 Å². The van der Waals surface area contributed by atoms with E-state index in [1.54, 1.807) is 0 Å². The van der Waals surface area contributed by atoms with Crippen LogP contribution < -0.4 is 16.4 Å². The van der Waals surface area contributed by atoms with Crippen LogP contribution in [0.15, 0.2) is 91.0 Å². The van der Waals surface area contributed by atoms with Gasteiger partial charge in [0.2, 0.25) is 0 Å². The topological polar surface area (TPSA) is 27.7 Å². The zero-order valence-electron chi connectivity index (χ0n) is 51.8. The number of fused-ring (bicyclic) bond motifs is 14. The van der Waals surface area contributed by atoms with Crippen molar-refractivity contribution in [3.63, 3.8) is 0 Å². The van der Waals surface area contributed by atoms with Gasteiger partial charge in [-0.25, -0.2) is 4.98 Å². The van der Waals surface area contributed by atoms with Crippen molar-refractivity contribution in [3.8, 4) is 17.3 Å². The van der Waals surface area contributed by atoms with Crippen molar-refractivity contribution < 1.29 is 0 Å². The van der Waals surface area contributed by atoms with Crippen molar-refractivity contribution in [1.29, 1.82) is 0 Å². The molecular formula is C74H87BN4. The Hall–Kier alpha value is -6.07. The maximum absolute atomic E-state index is 6.31. The molecule has 0 unspecified atom stereocenters. The first-order valence-electron chi connectivity index (χ1n) is 30.3. The predicted molar refractivity (Wildman–Crippen MR) is 344 cm³/mol. The van der Waals surface area contributed by atoms with Gasteiger partial charge in [-0.2, -0.15) is 0 Å². The van der Waals surface area contributed by atoms with Crippen molar-refractivity contribution in [1.82, 2.24) is 18.7 Å². The van der Waals surface area contributed by atoms with Crippen LogP contribution in [0.3, 0.4) is 0 Å². The third-order valence-electron chi connectivity index (χ3n) is 20.1. The summed E-state index contributed by atoms with van der Waals surface area (Å²) in [4.78, 5) is 6.31. The molecule has 4 aromatic heterocycles. The average molecular weight is 1040 g/mol. The number of benzene rings is 6. The van der Waals surface area contributed by atoms with Gasteiger partial charge in [0.05, 0.1) is 27.6 Å². The fraction of sp³-hybridized carbons (Fsp3) is 0.446. The highest BCUT2D eigenvalue weighted by Gasteiger charge is 2.45. The maximum atomic E-state index is 6.31. The third-order valence-corrected chi connectivity index (χ3v) is 20.1. The fourth-order valence-electron chi connectivity index (χ4n) is 14.9. The average Bonchev–Trinajstić information content (AvgIpc) is 2.31. The standard InChI is InChI=1S/C74H87BN4/c1-21-23-28-72(15,16)53-38-49-50-39-54-55(74(19,20)30-29-73(54,17)18)40-61(50)77(60(49)31-42(53)22-2)63-41-62-64-67(76-63)79-59-27-25-44(69(6,7)8)33-48(59)52-35-46(71(12,13)14)37-57(66(52)79)75(64)56-36-45(70(9,10)11)34-51-47-32-43(68(3,4)5)24-26-58(47)78(62)65(51)56/h24-27,31-41H,21-23,28-30H2,1-20H3. The Labute approximate surface area is 472 Å². The second-order valence-electron chi connectivity index (χ2n) is 31.1. The second-order valence-corrected chi connectivity index (χ2v) is 31.1. The number of unbranched alkanes of at least 4 members (excludes halogenated alkanes) is 1. The van der Waals surface area contributed by atoms with Gasteiger partial charge in [-0.3, -0.25) is 9.13 Å². The first kappa shape index (κ1) is 52.3. The highest BCUT2D eigenvalue weighted by Crippen LogP contribution is 2.51. The van der Waals surface area contributed by atoms with Crippen molar-refractivity contribution in [3.05, 3.63) is 136 Å². The highest BCUT2D eigenvalue weighted by atomic mass is 15.2. The summed E-state index contributed by atoms with van der Waals surface area (Å²) >= 11 is 0. The molecule has 0 fully saturated rings. The molecular weight excluding hydrogens is 956 g/mol. The second kappa shape index (κ2) is 16.5. The van der Waals surface area contributed by atoms with Crippen molar-refractivity contribution >= 4 is 88.5 Å². The molecule has 0 saturated heterocycles. The minimum Gasteiger partial charge on any atom is -0.310 e. The molecule has 0 saturated carbocycles. The number of hydrogen-bond acceptors (Lipinski definition) is 1. The summed E-state index contributed by atoms with van der Waals surface area (Å²) < 4.78 is 7.92. The molecule has 13 rings (SSSR count). The molecule has 3 aliphatic rings. The van der Waals surface area contributed by atoms with E-state index in [0.29, 0.717) is 0 Å². The Morgan fingerprint density at radius 3 is 1.47 bits per heavy atom. The SMILES string of the molecule is CCCCC(C)(C)c1cc2c3cc4c(cc3n(-c3cc5c6c(n3)-n3c7ccc(C(C)(C)C)cc7c7cc(C(C)(C)C)cc(c73)B6c3cc(C(C)(C)C)cc6c7cc(C(C)(C)C)ccc7n-5c36)c2cc1CC)C(C)(C)CCC4(C)C. The van der Waals surface area contributed by atoms with Gasteiger partial charge >= 0.3 is 0 Å². The lowest BCUT2D eigenvalue weighted by molar-refractivity contribution is 0.332. The summed E-state index contributed by atoms with van der Waals surface area (Å²) in [6.07, 6.45) is 6.88. The van der Waals surface area contributed by atoms with Crippen LogP contribution in [0.25, 0.3) is 82.7 Å². The molecule has 0 spiro atoms. The summed E-state index contributed by atoms with van der Waals surface area (Å²) in [5, 5.41) is 7.98. The van der Waals surface area contributed by atoms with E-state index in [-0.39, 0.29) is 44.6 Å². The van der Waals surface area contributed by atoms with Gasteiger partial charge in [0.25, 0.3) is 6.71 Å². The van der Waals surface area contributed by atoms with Crippen molar-refractivity contribution in [2.24, 2.45) is 0 Å². The molecule has 6 heterocycles. The van der Waals surface area contributed by atoms with Crippen LogP contribution in [0.2, 0.25) is 0 Å². The van der Waals surface area contributed by atoms with Crippen LogP contribution >= 0.6 is 0 Å². The third kappa shape index (κ3) is 7.55. The monoisotopic (exact) mass is 1040 g/mol. The van der Waals surface area contributed by atoms with E-state index in [1.165, 1.54) is 158 Å². The van der Waals surface area contributed by atoms with Gasteiger partial charge < -0.3 is 4.57 Å². The minimum absolute atomic E-state index is 0.0146. The largest absolute Gasteiger partial charge is 0.310 e. The van der Waals surface area contributed by atoms with Gasteiger partial charge in [0, 0.05) is 49.6 Å². The smallest absolute Gasteiger partial charge is 0.254 e. The summed E-state index contributed by atoms with van der Waals surface area (Å²) in [7, 11) is 0. The van der Waals surface area contributed by atoms with Gasteiger partial charge in [-0.15, -0.1) is 0 Å². The number of nitrogens with zero attached hydrogens (tertiary/aromatic N) is 4. The van der Waals surface area contributed by atoms with E-state index in [2.05, 4.69) is 243 Å². The normalized spacial score (nSPS) is 16.1. The maximum Gasteiger partial charge on any atom is 0.254 e. The molecule has 406 valence electrons. The number of aryl methyl sites for hydroxylation is 1. The van der Waals surface area contributed by atoms with Crippen LogP contribution in [0.5, 0.6) is 0 Å². The Morgan fingerprint density at radius 2 is 0.949 bits per heavy atom. The number of rotatable bonds is 6. The van der Waals surface area contributed by atoms with E-state index in [9.17, 15) is 0 Å². The van der Waals surface area contributed by atoms with Crippen LogP contribution in [0.1, 0.15) is 215 Å². The molecule has 5 heteroatoms. The van der Waals surface area contributed by atoms with Crippen LogP contribution in [-0.4, -0.2) is 25.4 Å². The lowest BCUT2D eigenvalue weighted by Crippen LogP contribution is -2.60. The molecule has 79 heavy (non-hydrogen) atoms. The summed E-state index contributed by atoms with van der Waals surface area (Å²) in [6.45, 7) is 48.1. The van der Waals surface area contributed by atoms with E-state index < -0.39 is 0 Å². The molecule has 0 radical (unpaired) electrons. The zero-order valence-corrected chi connectivity index (χ0v) is 51.8. The lowest BCUT2D eigenvalue weighted by Gasteiger charge is -2.42. The Bertz CT molecular complexity index is 4100. The Balaban J connectivity index is 1.25. The molecule has 0 amide bonds. The van der Waals surface area contributed by atoms with Crippen LogP contribution in [0, 0.1) is 0 Å². The Kier molecular flexibility index (Phi) is 11.0. The van der Waals surface area contributed by atoms with Crippen LogP contribution in [0.4, 0.5) is 0 Å². The van der Waals surface area contributed by atoms with Gasteiger partial charge in [0.15, 0.2) is 0 Å². The first-order valence-corrected chi connectivity index (χ1v) is 30.3. The first-order chi connectivity index (χ1) is 36.8. The van der Waals surface area contributed by atoms with Gasteiger partial charge in [0.1, 0.15) is 11.6 Å². The number of pyridine rings is 1. The summed E-state index contributed by atoms with van der Waals surface area (Å²) in [5.41, 5.74) is 24.2. The van der Waals surface area contributed by atoms with E-state index in [0.717, 1.165) is 24.5 Å². The summed E-state index contributed by atoms with van der Waals surface area (Å²) in [6, 6.07) is 38.0. The number of hydrogen-bond donors (Lipinski definition) is 0. The Morgan fingerprint density at radius 1 is 0.481 bits per heavy atom. The molecule has 0 bridgehead atoms. The van der Waals surface area contributed by atoms with Crippen molar-refractivity contribution in [2.75, 3.05) is 0 Å². The molecule has 4 nitrogen and oxygen atoms in total. The van der Waals surface area contributed by atoms with Gasteiger partial charge in [-0.05, 0) is 185 Å². The summed E-state index contributed by atoms with van der Waals surface area (Å²) in [5.74, 6) is 2.03. The van der Waals surface area contributed by atoms with Gasteiger partial charge in [-0.1, -0.05) is 176 Å². The molecule has 1 aliphatic carbocycles. The fourth-order valence-corrected chi connectivity index (χ4v) is 14.9. The van der Waals surface area contributed by atoms with E-state index in [4.69, 9.17) is 4.98 Å². The molecule has 2 aliphatic heterocycles. The molecule has 0 N–H and O–H groups in total. The zero-order chi connectivity index (χ0) is 56.4. The molecule has 6 aromatic carbocycles. The highest BCUT2D eigenvalue weighted by molar-refractivity contribution is 7.00. The van der Waals surface area contributed by atoms with E-state index >= 15 is 0 Å².